The number of nitrogens with one attached hydrogen (secondary N) is 1. The van der Waals surface area contributed by atoms with Crippen molar-refractivity contribution in [2.45, 2.75) is 25.3 Å². The van der Waals surface area contributed by atoms with E-state index in [4.69, 9.17) is 18.0 Å². The normalized spacial score (nSPS) is 23.3. The van der Waals surface area contributed by atoms with Crippen LogP contribution in [-0.2, 0) is 0 Å². The average Bonchev–Trinajstić information content (AvgIpc) is 2.78. The lowest BCUT2D eigenvalue weighted by molar-refractivity contribution is 0.0933. The second-order valence-electron chi connectivity index (χ2n) is 4.26. The summed E-state index contributed by atoms with van der Waals surface area (Å²) in [5.74, 6) is 0.0522. The van der Waals surface area contributed by atoms with E-state index in [2.05, 4.69) is 10.3 Å². The lowest BCUT2D eigenvalue weighted by Crippen LogP contribution is -2.41. The molecular weight excluding hydrogens is 234 g/mol. The van der Waals surface area contributed by atoms with Crippen LogP contribution >= 0.6 is 12.2 Å². The minimum absolute atomic E-state index is 0.0770. The first-order valence-electron chi connectivity index (χ1n) is 5.68. The molecule has 0 aliphatic heterocycles. The second kappa shape index (κ2) is 5.23. The van der Waals surface area contributed by atoms with Gasteiger partial charge >= 0.3 is 0 Å². The van der Waals surface area contributed by atoms with E-state index in [1.807, 2.05) is 0 Å². The fourth-order valence-electron chi connectivity index (χ4n) is 2.23. The summed E-state index contributed by atoms with van der Waals surface area (Å²) in [6, 6.07) is 3.47. The Morgan fingerprint density at radius 2 is 2.12 bits per heavy atom. The van der Waals surface area contributed by atoms with Crippen molar-refractivity contribution in [2.75, 3.05) is 0 Å². The lowest BCUT2D eigenvalue weighted by Gasteiger charge is -2.19. The van der Waals surface area contributed by atoms with Crippen LogP contribution < -0.4 is 11.1 Å². The zero-order valence-electron chi connectivity index (χ0n) is 9.43. The first-order chi connectivity index (χ1) is 8.18. The Kier molecular flexibility index (Phi) is 3.68. The molecule has 17 heavy (non-hydrogen) atoms. The molecular formula is C12H15N3OS. The van der Waals surface area contributed by atoms with Crippen molar-refractivity contribution in [3.05, 3.63) is 30.1 Å². The molecule has 2 unspecified atom stereocenters. The third-order valence-electron chi connectivity index (χ3n) is 3.14. The summed E-state index contributed by atoms with van der Waals surface area (Å²) in [4.78, 5) is 16.3. The van der Waals surface area contributed by atoms with Gasteiger partial charge in [0.2, 0.25) is 0 Å². The topological polar surface area (TPSA) is 68.0 Å². The summed E-state index contributed by atoms with van der Waals surface area (Å²) < 4.78 is 0. The van der Waals surface area contributed by atoms with E-state index in [0.29, 0.717) is 10.6 Å². The number of carbonyl (C=O) groups is 1. The van der Waals surface area contributed by atoms with Gasteiger partial charge in [0.15, 0.2) is 0 Å². The molecule has 3 N–H and O–H groups in total. The van der Waals surface area contributed by atoms with Crippen molar-refractivity contribution in [1.29, 1.82) is 0 Å². The Hall–Kier alpha value is -1.49. The molecule has 1 aliphatic carbocycles. The molecule has 2 atom stereocenters. The Bertz CT molecular complexity index is 421. The number of carbonyl (C=O) groups excluding carboxylic acids is 1. The number of hydrogen-bond acceptors (Lipinski definition) is 3. The van der Waals surface area contributed by atoms with Gasteiger partial charge in [-0.25, -0.2) is 0 Å². The Morgan fingerprint density at radius 3 is 2.76 bits per heavy atom. The number of thiocarbonyl (C=S) groups is 1. The van der Waals surface area contributed by atoms with E-state index in [0.717, 1.165) is 19.3 Å². The standard InChI is InChI=1S/C12H15N3OS/c13-11(17)9-2-1-3-10(9)15-12(16)8-4-6-14-7-5-8/h4-7,9-10H,1-3H2,(H2,13,17)(H,15,16). The predicted molar refractivity (Wildman–Crippen MR) is 69.6 cm³/mol. The van der Waals surface area contributed by atoms with Crippen LogP contribution in [0.1, 0.15) is 29.6 Å². The Labute approximate surface area is 106 Å². The zero-order chi connectivity index (χ0) is 12.3. The minimum atomic E-state index is -0.0828. The molecule has 90 valence electrons. The minimum Gasteiger partial charge on any atom is -0.393 e. The Balaban J connectivity index is 2.02. The van der Waals surface area contributed by atoms with Crippen molar-refractivity contribution < 1.29 is 4.79 Å². The monoisotopic (exact) mass is 249 g/mol. The quantitative estimate of drug-likeness (QED) is 0.792. The number of rotatable bonds is 3. The van der Waals surface area contributed by atoms with Crippen LogP contribution in [0, 0.1) is 5.92 Å². The van der Waals surface area contributed by atoms with E-state index in [-0.39, 0.29) is 17.9 Å². The molecule has 4 nitrogen and oxygen atoms in total. The van der Waals surface area contributed by atoms with Crippen molar-refractivity contribution >= 4 is 23.1 Å². The smallest absolute Gasteiger partial charge is 0.251 e. The van der Waals surface area contributed by atoms with Gasteiger partial charge < -0.3 is 11.1 Å². The van der Waals surface area contributed by atoms with E-state index >= 15 is 0 Å². The van der Waals surface area contributed by atoms with Crippen molar-refractivity contribution in [3.63, 3.8) is 0 Å². The molecule has 0 aromatic carbocycles. The van der Waals surface area contributed by atoms with E-state index in [1.165, 1.54) is 0 Å². The molecule has 5 heteroatoms. The summed E-state index contributed by atoms with van der Waals surface area (Å²) in [5.41, 5.74) is 6.29. The molecule has 1 saturated carbocycles. The fraction of sp³-hybridized carbons (Fsp3) is 0.417. The summed E-state index contributed by atoms with van der Waals surface area (Å²) in [6.07, 6.45) is 6.18. The van der Waals surface area contributed by atoms with Gasteiger partial charge in [0, 0.05) is 29.9 Å². The molecule has 1 heterocycles. The molecule has 2 rings (SSSR count). The average molecular weight is 249 g/mol. The van der Waals surface area contributed by atoms with Crippen LogP contribution in [-0.4, -0.2) is 21.9 Å². The third kappa shape index (κ3) is 2.79. The highest BCUT2D eigenvalue weighted by Gasteiger charge is 2.30. The van der Waals surface area contributed by atoms with Crippen LogP contribution in [0.2, 0.25) is 0 Å². The highest BCUT2D eigenvalue weighted by Crippen LogP contribution is 2.26. The number of nitrogens with zero attached hydrogens (tertiary/aromatic N) is 1. The summed E-state index contributed by atoms with van der Waals surface area (Å²) >= 11 is 5.02. The predicted octanol–water partition coefficient (Wildman–Crippen LogP) is 1.27. The zero-order valence-corrected chi connectivity index (χ0v) is 10.2. The second-order valence-corrected chi connectivity index (χ2v) is 4.73. The van der Waals surface area contributed by atoms with Crippen molar-refractivity contribution in [3.8, 4) is 0 Å². The number of aromatic nitrogens is 1. The number of nitrogens with two attached hydrogens (primary N) is 1. The van der Waals surface area contributed by atoms with Crippen LogP contribution in [0.25, 0.3) is 0 Å². The van der Waals surface area contributed by atoms with Crippen LogP contribution in [0.15, 0.2) is 24.5 Å². The van der Waals surface area contributed by atoms with Gasteiger partial charge in [-0.1, -0.05) is 18.6 Å². The first-order valence-corrected chi connectivity index (χ1v) is 6.09. The lowest BCUT2D eigenvalue weighted by atomic mass is 10.0. The molecule has 1 amide bonds. The van der Waals surface area contributed by atoms with E-state index < -0.39 is 0 Å². The fourth-order valence-corrected chi connectivity index (χ4v) is 2.51. The highest BCUT2D eigenvalue weighted by atomic mass is 32.1. The number of pyridine rings is 1. The SMILES string of the molecule is NC(=S)C1CCCC1NC(=O)c1ccncc1. The first kappa shape index (κ1) is 12.0. The van der Waals surface area contributed by atoms with E-state index in [9.17, 15) is 4.79 Å². The molecule has 1 fully saturated rings. The molecule has 0 spiro atoms. The van der Waals surface area contributed by atoms with Gasteiger partial charge in [-0.05, 0) is 25.0 Å². The molecule has 0 radical (unpaired) electrons. The van der Waals surface area contributed by atoms with Crippen LogP contribution in [0.5, 0.6) is 0 Å². The maximum atomic E-state index is 11.9. The maximum Gasteiger partial charge on any atom is 0.251 e. The number of hydrogen-bond donors (Lipinski definition) is 2. The van der Waals surface area contributed by atoms with Gasteiger partial charge in [-0.15, -0.1) is 0 Å². The summed E-state index contributed by atoms with van der Waals surface area (Å²) in [5, 5.41) is 2.99. The third-order valence-corrected chi connectivity index (χ3v) is 3.44. The highest BCUT2D eigenvalue weighted by molar-refractivity contribution is 7.80. The van der Waals surface area contributed by atoms with Crippen LogP contribution in [0.3, 0.4) is 0 Å². The largest absolute Gasteiger partial charge is 0.393 e. The van der Waals surface area contributed by atoms with Crippen molar-refractivity contribution in [2.24, 2.45) is 11.7 Å². The van der Waals surface area contributed by atoms with Gasteiger partial charge in [0.1, 0.15) is 0 Å². The molecule has 0 bridgehead atoms. The summed E-state index contributed by atoms with van der Waals surface area (Å²) in [7, 11) is 0. The van der Waals surface area contributed by atoms with E-state index in [1.54, 1.807) is 24.5 Å². The number of amides is 1. The summed E-state index contributed by atoms with van der Waals surface area (Å²) in [6.45, 7) is 0. The molecule has 1 aliphatic rings. The van der Waals surface area contributed by atoms with Crippen molar-refractivity contribution in [1.82, 2.24) is 10.3 Å². The Morgan fingerprint density at radius 1 is 1.41 bits per heavy atom. The van der Waals surface area contributed by atoms with Crippen LogP contribution in [0.4, 0.5) is 0 Å². The molecule has 1 aromatic rings. The maximum absolute atomic E-state index is 11.9. The van der Waals surface area contributed by atoms with Gasteiger partial charge in [-0.3, -0.25) is 9.78 Å². The van der Waals surface area contributed by atoms with Gasteiger partial charge in [0.25, 0.3) is 5.91 Å². The van der Waals surface area contributed by atoms with Gasteiger partial charge in [-0.2, -0.15) is 0 Å². The van der Waals surface area contributed by atoms with Gasteiger partial charge in [0.05, 0.1) is 4.99 Å². The molecule has 0 saturated heterocycles. The molecule has 1 aromatic heterocycles.